The Balaban J connectivity index is 1.24. The molecule has 5 aliphatic carbocycles. The average molecular weight is 497 g/mol. The molecule has 1 saturated heterocycles. The quantitative estimate of drug-likeness (QED) is 0.655. The molecule has 8 rings (SSSR count). The van der Waals surface area contributed by atoms with E-state index in [0.717, 1.165) is 60.7 Å². The predicted octanol–water partition coefficient (Wildman–Crippen LogP) is 3.48. The second-order valence-corrected chi connectivity index (χ2v) is 11.8. The number of fused-ring (bicyclic) bond motifs is 3. The summed E-state index contributed by atoms with van der Waals surface area (Å²) in [4.78, 5) is 31.7. The molecule has 7 nitrogen and oxygen atoms in total. The van der Waals surface area contributed by atoms with Crippen molar-refractivity contribution in [3.05, 3.63) is 29.2 Å². The molecule has 4 bridgehead atoms. The van der Waals surface area contributed by atoms with Crippen LogP contribution >= 0.6 is 0 Å². The molecule has 1 aliphatic heterocycles. The van der Waals surface area contributed by atoms with Gasteiger partial charge in [0.2, 0.25) is 5.78 Å². The van der Waals surface area contributed by atoms with Gasteiger partial charge in [0.15, 0.2) is 0 Å². The molecule has 0 aromatic carbocycles. The number of carbonyl (C=O) groups excluding carboxylic acids is 2. The minimum absolute atomic E-state index is 0.109. The lowest BCUT2D eigenvalue weighted by molar-refractivity contribution is -0.149. The zero-order chi connectivity index (χ0) is 24.8. The SMILES string of the molecule is O=C(Cc1nn(C2[C@@H]3CC4C[C@H]2CC(O)(C4)C3)c2c3c(ncc12)CC=C3)C(=O)N1CCC(F)(F)CC1. The van der Waals surface area contributed by atoms with E-state index in [9.17, 15) is 23.5 Å². The van der Waals surface area contributed by atoms with Crippen LogP contribution in [0.25, 0.3) is 17.0 Å². The Kier molecular flexibility index (Phi) is 4.79. The van der Waals surface area contributed by atoms with E-state index in [4.69, 9.17) is 5.10 Å². The van der Waals surface area contributed by atoms with Gasteiger partial charge in [-0.25, -0.2) is 8.78 Å². The molecular formula is C27H30F2N4O3. The van der Waals surface area contributed by atoms with E-state index in [0.29, 0.717) is 23.4 Å². The van der Waals surface area contributed by atoms with Crippen LogP contribution in [0.15, 0.2) is 12.3 Å². The summed E-state index contributed by atoms with van der Waals surface area (Å²) in [6.45, 7) is -0.218. The summed E-state index contributed by atoms with van der Waals surface area (Å²) in [5.41, 5.74) is 2.93. The van der Waals surface area contributed by atoms with Gasteiger partial charge >= 0.3 is 0 Å². The van der Waals surface area contributed by atoms with Crippen molar-refractivity contribution >= 4 is 28.7 Å². The van der Waals surface area contributed by atoms with Gasteiger partial charge < -0.3 is 10.0 Å². The molecule has 9 heteroatoms. The van der Waals surface area contributed by atoms with E-state index in [-0.39, 0.29) is 25.6 Å². The van der Waals surface area contributed by atoms with Gasteiger partial charge in [-0.1, -0.05) is 12.2 Å². The third kappa shape index (κ3) is 3.45. The Bertz CT molecular complexity index is 1290. The Labute approximate surface area is 207 Å². The normalized spacial score (nSPS) is 33.9. The monoisotopic (exact) mass is 496 g/mol. The number of carbonyl (C=O) groups is 2. The zero-order valence-electron chi connectivity index (χ0n) is 20.1. The van der Waals surface area contributed by atoms with E-state index in [2.05, 4.69) is 21.8 Å². The highest BCUT2D eigenvalue weighted by atomic mass is 19.3. The lowest BCUT2D eigenvalue weighted by atomic mass is 9.52. The first-order valence-corrected chi connectivity index (χ1v) is 13.2. The summed E-state index contributed by atoms with van der Waals surface area (Å²) in [6.07, 6.45) is 10.3. The molecule has 2 aromatic rings. The maximum absolute atomic E-state index is 13.5. The van der Waals surface area contributed by atoms with Crippen LogP contribution in [0.5, 0.6) is 0 Å². The molecule has 5 atom stereocenters. The zero-order valence-corrected chi connectivity index (χ0v) is 20.1. The summed E-state index contributed by atoms with van der Waals surface area (Å²) in [5, 5.41) is 16.8. The second-order valence-electron chi connectivity index (χ2n) is 11.8. The maximum Gasteiger partial charge on any atom is 0.290 e. The van der Waals surface area contributed by atoms with E-state index in [1.54, 1.807) is 6.20 Å². The first-order valence-electron chi connectivity index (χ1n) is 13.2. The molecule has 1 amide bonds. The number of rotatable bonds is 4. The number of hydrogen-bond donors (Lipinski definition) is 1. The highest BCUT2D eigenvalue weighted by Gasteiger charge is 2.56. The molecule has 3 heterocycles. The van der Waals surface area contributed by atoms with Gasteiger partial charge in [0.05, 0.1) is 35.0 Å². The minimum atomic E-state index is -2.78. The number of Topliss-reactive ketones (excluding diaryl/α,β-unsaturated/α-hetero) is 1. The number of amides is 1. The molecule has 5 fully saturated rings. The van der Waals surface area contributed by atoms with Gasteiger partial charge in [-0.3, -0.25) is 19.3 Å². The summed E-state index contributed by atoms with van der Waals surface area (Å²) in [5.74, 6) is -2.88. The molecule has 2 aromatic heterocycles. The summed E-state index contributed by atoms with van der Waals surface area (Å²) in [7, 11) is 0. The van der Waals surface area contributed by atoms with Crippen LogP contribution in [-0.4, -0.2) is 61.1 Å². The molecule has 0 radical (unpaired) electrons. The Hall–Kier alpha value is -2.68. The first-order chi connectivity index (χ1) is 17.2. The number of hydrogen-bond acceptors (Lipinski definition) is 5. The Morgan fingerprint density at radius 3 is 2.53 bits per heavy atom. The van der Waals surface area contributed by atoms with Gasteiger partial charge in [0.25, 0.3) is 11.8 Å². The number of ketones is 1. The molecule has 6 aliphatic rings. The second kappa shape index (κ2) is 7.66. The third-order valence-electron chi connectivity index (χ3n) is 9.36. The fraction of sp³-hybridized carbons (Fsp3) is 0.630. The summed E-state index contributed by atoms with van der Waals surface area (Å²) >= 11 is 0. The van der Waals surface area contributed by atoms with E-state index in [1.807, 2.05) is 0 Å². The number of nitrogens with zero attached hydrogens (tertiary/aromatic N) is 4. The minimum Gasteiger partial charge on any atom is -0.390 e. The van der Waals surface area contributed by atoms with Gasteiger partial charge in [0.1, 0.15) is 0 Å². The van der Waals surface area contributed by atoms with Crippen molar-refractivity contribution < 1.29 is 23.5 Å². The summed E-state index contributed by atoms with van der Waals surface area (Å²) < 4.78 is 29.2. The predicted molar refractivity (Wildman–Crippen MR) is 127 cm³/mol. The fourth-order valence-corrected chi connectivity index (χ4v) is 8.01. The van der Waals surface area contributed by atoms with E-state index < -0.39 is 36.1 Å². The van der Waals surface area contributed by atoms with Gasteiger partial charge in [-0.2, -0.15) is 5.10 Å². The third-order valence-corrected chi connectivity index (χ3v) is 9.36. The van der Waals surface area contributed by atoms with Gasteiger partial charge in [0, 0.05) is 49.5 Å². The number of aliphatic hydroxyl groups is 1. The number of likely N-dealkylation sites (tertiary alicyclic amines) is 1. The highest BCUT2D eigenvalue weighted by Crippen LogP contribution is 2.60. The largest absolute Gasteiger partial charge is 0.390 e. The molecule has 190 valence electrons. The molecule has 3 unspecified atom stereocenters. The van der Waals surface area contributed by atoms with Gasteiger partial charge in [-0.05, 0) is 49.9 Å². The Morgan fingerprint density at radius 1 is 1.11 bits per heavy atom. The van der Waals surface area contributed by atoms with Gasteiger partial charge in [-0.15, -0.1) is 0 Å². The van der Waals surface area contributed by atoms with Crippen LogP contribution in [0.1, 0.15) is 67.9 Å². The van der Waals surface area contributed by atoms with Crippen molar-refractivity contribution in [1.82, 2.24) is 19.7 Å². The number of aromatic nitrogens is 3. The topological polar surface area (TPSA) is 88.3 Å². The number of allylic oxidation sites excluding steroid dienone is 1. The lowest BCUT2D eigenvalue weighted by Gasteiger charge is -2.58. The highest BCUT2D eigenvalue weighted by molar-refractivity contribution is 6.36. The van der Waals surface area contributed by atoms with Crippen molar-refractivity contribution in [2.45, 2.75) is 75.4 Å². The van der Waals surface area contributed by atoms with Crippen LogP contribution in [0.3, 0.4) is 0 Å². The molecular weight excluding hydrogens is 466 g/mol. The number of halogens is 2. The Morgan fingerprint density at radius 2 is 1.83 bits per heavy atom. The smallest absolute Gasteiger partial charge is 0.290 e. The van der Waals surface area contributed by atoms with Crippen LogP contribution < -0.4 is 0 Å². The molecule has 36 heavy (non-hydrogen) atoms. The lowest BCUT2D eigenvalue weighted by Crippen LogP contribution is -2.55. The van der Waals surface area contributed by atoms with Crippen molar-refractivity contribution in [3.8, 4) is 0 Å². The average Bonchev–Trinajstić information content (AvgIpc) is 3.42. The fourth-order valence-electron chi connectivity index (χ4n) is 8.01. The number of pyridine rings is 1. The van der Waals surface area contributed by atoms with Crippen molar-refractivity contribution in [2.75, 3.05) is 13.1 Å². The van der Waals surface area contributed by atoms with Crippen molar-refractivity contribution in [3.63, 3.8) is 0 Å². The van der Waals surface area contributed by atoms with Crippen LogP contribution in [0.2, 0.25) is 0 Å². The van der Waals surface area contributed by atoms with Crippen LogP contribution in [-0.2, 0) is 22.4 Å². The molecule has 4 saturated carbocycles. The van der Waals surface area contributed by atoms with Crippen molar-refractivity contribution in [1.29, 1.82) is 0 Å². The van der Waals surface area contributed by atoms with E-state index in [1.165, 1.54) is 4.90 Å². The molecule has 0 spiro atoms. The maximum atomic E-state index is 13.5. The van der Waals surface area contributed by atoms with Crippen molar-refractivity contribution in [2.24, 2.45) is 17.8 Å². The van der Waals surface area contributed by atoms with Crippen LogP contribution in [0.4, 0.5) is 8.78 Å². The number of alkyl halides is 2. The molecule has 1 N–H and O–H groups in total. The van der Waals surface area contributed by atoms with E-state index >= 15 is 0 Å². The number of piperidine rings is 1. The van der Waals surface area contributed by atoms with Crippen LogP contribution in [0, 0.1) is 17.8 Å². The summed E-state index contributed by atoms with van der Waals surface area (Å²) in [6, 6.07) is 0.147. The first kappa shape index (κ1) is 22.5. The standard InChI is InChI=1S/C27H30F2N4O3/c28-27(29)4-6-32(7-5-27)25(35)22(34)10-21-19-14-30-20-3-1-2-18(20)24(19)33(31-21)23-16-8-15-9-17(23)13-26(36,11-15)12-16/h1-2,14-17,23,36H,3-13H2/t15?,16-,17+,23?,26?.